The van der Waals surface area contributed by atoms with Crippen molar-refractivity contribution >= 4 is 5.91 Å². The molecule has 0 radical (unpaired) electrons. The van der Waals surface area contributed by atoms with Crippen LogP contribution in [0.2, 0.25) is 0 Å². The van der Waals surface area contributed by atoms with Crippen LogP contribution in [0.25, 0.3) is 0 Å². The molecule has 3 rings (SSSR count). The average Bonchev–Trinajstić information content (AvgIpc) is 2.68. The van der Waals surface area contributed by atoms with Gasteiger partial charge >= 0.3 is 0 Å². The molecule has 0 spiro atoms. The van der Waals surface area contributed by atoms with Crippen LogP contribution in [0, 0.1) is 12.8 Å². The number of ether oxygens (including phenoxy) is 1. The normalized spacial score (nSPS) is 16.1. The summed E-state index contributed by atoms with van der Waals surface area (Å²) in [6.07, 6.45) is 11.4. The Morgan fingerprint density at radius 2 is 2.00 bits per heavy atom. The first-order chi connectivity index (χ1) is 12.6. The maximum atomic E-state index is 12.6. The summed E-state index contributed by atoms with van der Waals surface area (Å²) >= 11 is 0. The maximum absolute atomic E-state index is 12.6. The van der Waals surface area contributed by atoms with Crippen LogP contribution in [0.4, 0.5) is 0 Å². The van der Waals surface area contributed by atoms with Gasteiger partial charge in [-0.25, -0.2) is 4.98 Å². The van der Waals surface area contributed by atoms with E-state index in [-0.39, 0.29) is 11.9 Å². The van der Waals surface area contributed by atoms with Crippen molar-refractivity contribution in [3.8, 4) is 5.88 Å². The summed E-state index contributed by atoms with van der Waals surface area (Å²) in [5.74, 6) is 1.06. The molecule has 1 N–H and O–H groups in total. The predicted octanol–water partition coefficient (Wildman–Crippen LogP) is 4.06. The fourth-order valence-corrected chi connectivity index (χ4v) is 3.52. The first-order valence-corrected chi connectivity index (χ1v) is 9.42. The lowest BCUT2D eigenvalue weighted by molar-refractivity contribution is 0.0918. The van der Waals surface area contributed by atoms with Crippen molar-refractivity contribution in [1.29, 1.82) is 0 Å². The smallest absolute Gasteiger partial charge is 0.253 e. The Balaban J connectivity index is 1.58. The second-order valence-corrected chi connectivity index (χ2v) is 7.14. The standard InChI is InChI=1S/C21H27N3O2/c1-15-12-20(26-14-17-8-10-22-11-9-17)23-13-19(15)21(25)24-16(2)18-6-4-3-5-7-18/h8-13,16,18H,3-7,14H2,1-2H3,(H,24,25). The monoisotopic (exact) mass is 353 g/mol. The molecular weight excluding hydrogens is 326 g/mol. The molecule has 1 amide bonds. The van der Waals surface area contributed by atoms with E-state index in [1.807, 2.05) is 25.1 Å². The van der Waals surface area contributed by atoms with Gasteiger partial charge < -0.3 is 10.1 Å². The number of carbonyl (C=O) groups is 1. The van der Waals surface area contributed by atoms with Gasteiger partial charge in [0.2, 0.25) is 5.88 Å². The van der Waals surface area contributed by atoms with Crippen LogP contribution in [0.15, 0.2) is 36.8 Å². The first-order valence-electron chi connectivity index (χ1n) is 9.42. The van der Waals surface area contributed by atoms with Crippen LogP contribution in [-0.4, -0.2) is 21.9 Å². The van der Waals surface area contributed by atoms with E-state index in [1.165, 1.54) is 32.1 Å². The van der Waals surface area contributed by atoms with Crippen molar-refractivity contribution in [3.63, 3.8) is 0 Å². The molecule has 2 heterocycles. The molecule has 5 nitrogen and oxygen atoms in total. The van der Waals surface area contributed by atoms with E-state index < -0.39 is 0 Å². The molecule has 5 heteroatoms. The molecule has 2 aromatic rings. The van der Waals surface area contributed by atoms with Gasteiger partial charge in [0.1, 0.15) is 6.61 Å². The van der Waals surface area contributed by atoms with E-state index >= 15 is 0 Å². The average molecular weight is 353 g/mol. The number of nitrogens with one attached hydrogen (secondary N) is 1. The van der Waals surface area contributed by atoms with Crippen molar-refractivity contribution < 1.29 is 9.53 Å². The molecule has 138 valence electrons. The molecule has 1 aliphatic carbocycles. The van der Waals surface area contributed by atoms with Gasteiger partial charge in [-0.1, -0.05) is 19.3 Å². The van der Waals surface area contributed by atoms with Crippen molar-refractivity contribution in [2.24, 2.45) is 5.92 Å². The minimum atomic E-state index is -0.0474. The van der Waals surface area contributed by atoms with Crippen molar-refractivity contribution in [2.75, 3.05) is 0 Å². The Hall–Kier alpha value is -2.43. The molecule has 1 saturated carbocycles. The first kappa shape index (κ1) is 18.4. The third kappa shape index (κ3) is 4.81. The number of carbonyl (C=O) groups excluding carboxylic acids is 1. The molecule has 1 fully saturated rings. The van der Waals surface area contributed by atoms with E-state index in [2.05, 4.69) is 22.2 Å². The van der Waals surface area contributed by atoms with Crippen LogP contribution >= 0.6 is 0 Å². The molecule has 0 aromatic carbocycles. The van der Waals surface area contributed by atoms with Crippen LogP contribution < -0.4 is 10.1 Å². The zero-order chi connectivity index (χ0) is 18.4. The van der Waals surface area contributed by atoms with Crippen LogP contribution in [0.3, 0.4) is 0 Å². The number of amides is 1. The van der Waals surface area contributed by atoms with Gasteiger partial charge in [0.15, 0.2) is 0 Å². The maximum Gasteiger partial charge on any atom is 0.253 e. The lowest BCUT2D eigenvalue weighted by Crippen LogP contribution is -2.39. The number of aryl methyl sites for hydroxylation is 1. The lowest BCUT2D eigenvalue weighted by Gasteiger charge is -2.28. The van der Waals surface area contributed by atoms with Crippen molar-refractivity contribution in [1.82, 2.24) is 15.3 Å². The van der Waals surface area contributed by atoms with Gasteiger partial charge in [0, 0.05) is 30.7 Å². The molecular formula is C21H27N3O2. The zero-order valence-electron chi connectivity index (χ0n) is 15.6. The highest BCUT2D eigenvalue weighted by atomic mass is 16.5. The Bertz CT molecular complexity index is 727. The van der Waals surface area contributed by atoms with Gasteiger partial charge in [-0.15, -0.1) is 0 Å². The number of hydrogen-bond donors (Lipinski definition) is 1. The highest BCUT2D eigenvalue weighted by Gasteiger charge is 2.22. The molecule has 1 unspecified atom stereocenters. The Labute approximate surface area is 155 Å². The molecule has 0 aliphatic heterocycles. The minimum absolute atomic E-state index is 0.0474. The Morgan fingerprint density at radius 1 is 1.27 bits per heavy atom. The molecule has 0 bridgehead atoms. The summed E-state index contributed by atoms with van der Waals surface area (Å²) in [7, 11) is 0. The van der Waals surface area contributed by atoms with E-state index in [4.69, 9.17) is 4.74 Å². The zero-order valence-corrected chi connectivity index (χ0v) is 15.6. The van der Waals surface area contributed by atoms with Crippen LogP contribution in [0.1, 0.15) is 60.5 Å². The van der Waals surface area contributed by atoms with Gasteiger partial charge in [-0.05, 0) is 55.9 Å². The third-order valence-electron chi connectivity index (χ3n) is 5.18. The quantitative estimate of drug-likeness (QED) is 0.850. The highest BCUT2D eigenvalue weighted by Crippen LogP contribution is 2.26. The number of rotatable bonds is 6. The summed E-state index contributed by atoms with van der Waals surface area (Å²) in [5, 5.41) is 3.16. The summed E-state index contributed by atoms with van der Waals surface area (Å²) in [6.45, 7) is 4.46. The van der Waals surface area contributed by atoms with Gasteiger partial charge in [0.05, 0.1) is 5.56 Å². The van der Waals surface area contributed by atoms with Gasteiger partial charge in [0.25, 0.3) is 5.91 Å². The third-order valence-corrected chi connectivity index (χ3v) is 5.18. The van der Waals surface area contributed by atoms with E-state index in [0.717, 1.165) is 11.1 Å². The molecule has 1 atom stereocenters. The van der Waals surface area contributed by atoms with Crippen molar-refractivity contribution in [2.45, 2.75) is 58.6 Å². The van der Waals surface area contributed by atoms with Gasteiger partial charge in [-0.3, -0.25) is 9.78 Å². The predicted molar refractivity (Wildman–Crippen MR) is 101 cm³/mol. The van der Waals surface area contributed by atoms with Crippen molar-refractivity contribution in [3.05, 3.63) is 53.5 Å². The van der Waals surface area contributed by atoms with E-state index in [0.29, 0.717) is 24.0 Å². The SMILES string of the molecule is Cc1cc(OCc2ccncc2)ncc1C(=O)NC(C)C1CCCCC1. The second kappa shape index (κ2) is 8.79. The van der Waals surface area contributed by atoms with E-state index in [9.17, 15) is 4.79 Å². The Kier molecular flexibility index (Phi) is 6.21. The fourth-order valence-electron chi connectivity index (χ4n) is 3.52. The van der Waals surface area contributed by atoms with Crippen LogP contribution in [0.5, 0.6) is 5.88 Å². The fraction of sp³-hybridized carbons (Fsp3) is 0.476. The minimum Gasteiger partial charge on any atom is -0.473 e. The van der Waals surface area contributed by atoms with E-state index in [1.54, 1.807) is 18.6 Å². The lowest BCUT2D eigenvalue weighted by atomic mass is 9.84. The molecule has 1 aliphatic rings. The summed E-state index contributed by atoms with van der Waals surface area (Å²) in [6, 6.07) is 5.83. The molecule has 26 heavy (non-hydrogen) atoms. The highest BCUT2D eigenvalue weighted by molar-refractivity contribution is 5.95. The van der Waals surface area contributed by atoms with Crippen LogP contribution in [-0.2, 0) is 6.61 Å². The largest absolute Gasteiger partial charge is 0.473 e. The summed E-state index contributed by atoms with van der Waals surface area (Å²) in [5.41, 5.74) is 2.52. The summed E-state index contributed by atoms with van der Waals surface area (Å²) in [4.78, 5) is 20.9. The Morgan fingerprint density at radius 3 is 2.69 bits per heavy atom. The molecule has 2 aromatic heterocycles. The second-order valence-electron chi connectivity index (χ2n) is 7.14. The number of nitrogens with zero attached hydrogens (tertiary/aromatic N) is 2. The number of hydrogen-bond acceptors (Lipinski definition) is 4. The number of pyridine rings is 2. The molecule has 0 saturated heterocycles. The number of aromatic nitrogens is 2. The topological polar surface area (TPSA) is 64.1 Å². The summed E-state index contributed by atoms with van der Waals surface area (Å²) < 4.78 is 5.71. The van der Waals surface area contributed by atoms with Gasteiger partial charge in [-0.2, -0.15) is 0 Å².